The van der Waals surface area contributed by atoms with Crippen molar-refractivity contribution in [2.24, 2.45) is 0 Å². The molecule has 4 heterocycles. The van der Waals surface area contributed by atoms with Crippen LogP contribution in [0.4, 0.5) is 0 Å². The van der Waals surface area contributed by atoms with Crippen LogP contribution in [-0.4, -0.2) is 41.0 Å². The van der Waals surface area contributed by atoms with Crippen molar-refractivity contribution in [1.29, 1.82) is 0 Å². The lowest BCUT2D eigenvalue weighted by Crippen LogP contribution is -2.47. The van der Waals surface area contributed by atoms with Crippen LogP contribution in [-0.2, 0) is 4.74 Å². The third-order valence-corrected chi connectivity index (χ3v) is 6.01. The number of ether oxygens (including phenoxy) is 1. The van der Waals surface area contributed by atoms with Gasteiger partial charge >= 0.3 is 0 Å². The van der Waals surface area contributed by atoms with E-state index in [-0.39, 0.29) is 24.0 Å². The van der Waals surface area contributed by atoms with Gasteiger partial charge < -0.3 is 9.15 Å². The van der Waals surface area contributed by atoms with Gasteiger partial charge in [0, 0.05) is 30.4 Å². The third-order valence-electron chi connectivity index (χ3n) is 4.94. The Morgan fingerprint density at radius 3 is 2.68 bits per heavy atom. The summed E-state index contributed by atoms with van der Waals surface area (Å²) in [5.74, 6) is 0.304. The standard InChI is InChI=1S/C22H24N2O3S/c1-14-12-24(13-15(2)27-14)20(17-6-4-8-23-11-17)18-10-16(3)28-22(18)21(25)19-7-5-9-26-19/h4-11,14-15,20H,12-13H2,1-3H3. The summed E-state index contributed by atoms with van der Waals surface area (Å²) in [6.45, 7) is 7.83. The van der Waals surface area contributed by atoms with Crippen molar-refractivity contribution in [3.05, 3.63) is 75.6 Å². The van der Waals surface area contributed by atoms with Crippen molar-refractivity contribution >= 4 is 17.1 Å². The van der Waals surface area contributed by atoms with E-state index < -0.39 is 0 Å². The zero-order chi connectivity index (χ0) is 19.7. The number of thiophene rings is 1. The van der Waals surface area contributed by atoms with E-state index in [0.717, 1.165) is 34.0 Å². The predicted octanol–water partition coefficient (Wildman–Crippen LogP) is 4.47. The van der Waals surface area contributed by atoms with Gasteiger partial charge in [0.1, 0.15) is 0 Å². The molecule has 3 aromatic heterocycles. The number of ketones is 1. The molecule has 0 aliphatic carbocycles. The number of pyridine rings is 1. The number of nitrogens with zero attached hydrogens (tertiary/aromatic N) is 2. The molecule has 3 atom stereocenters. The number of hydrogen-bond donors (Lipinski definition) is 0. The van der Waals surface area contributed by atoms with Crippen LogP contribution in [0.5, 0.6) is 0 Å². The molecule has 3 aromatic rings. The van der Waals surface area contributed by atoms with Gasteiger partial charge in [-0.3, -0.25) is 14.7 Å². The highest BCUT2D eigenvalue weighted by molar-refractivity contribution is 7.14. The van der Waals surface area contributed by atoms with E-state index >= 15 is 0 Å². The summed E-state index contributed by atoms with van der Waals surface area (Å²) >= 11 is 1.52. The Morgan fingerprint density at radius 1 is 1.25 bits per heavy atom. The van der Waals surface area contributed by atoms with Crippen LogP contribution in [0.2, 0.25) is 0 Å². The maximum absolute atomic E-state index is 13.1. The van der Waals surface area contributed by atoms with Crippen LogP contribution in [0.3, 0.4) is 0 Å². The normalized spacial score (nSPS) is 21.5. The SMILES string of the molecule is Cc1cc(C(c2cccnc2)N2CC(C)OC(C)C2)c(C(=O)c2ccco2)s1. The number of carbonyl (C=O) groups is 1. The van der Waals surface area contributed by atoms with Crippen molar-refractivity contribution in [2.45, 2.75) is 39.0 Å². The lowest BCUT2D eigenvalue weighted by Gasteiger charge is -2.40. The fraction of sp³-hybridized carbons (Fsp3) is 0.364. The molecule has 3 unspecified atom stereocenters. The Balaban J connectivity index is 1.81. The fourth-order valence-electron chi connectivity index (χ4n) is 3.99. The van der Waals surface area contributed by atoms with Crippen molar-refractivity contribution in [3.8, 4) is 0 Å². The first kappa shape index (κ1) is 19.1. The first-order valence-corrected chi connectivity index (χ1v) is 10.3. The highest BCUT2D eigenvalue weighted by Gasteiger charge is 2.34. The molecular weight excluding hydrogens is 372 g/mol. The largest absolute Gasteiger partial charge is 0.461 e. The number of aryl methyl sites for hydroxylation is 1. The Bertz CT molecular complexity index is 926. The second-order valence-electron chi connectivity index (χ2n) is 7.35. The molecule has 1 aliphatic rings. The Hall–Kier alpha value is -2.28. The Morgan fingerprint density at radius 2 is 2.04 bits per heavy atom. The van der Waals surface area contributed by atoms with E-state index in [1.807, 2.05) is 19.2 Å². The fourth-order valence-corrected chi connectivity index (χ4v) is 4.98. The smallest absolute Gasteiger partial charge is 0.238 e. The molecule has 28 heavy (non-hydrogen) atoms. The number of rotatable bonds is 5. The third kappa shape index (κ3) is 3.81. The minimum atomic E-state index is -0.0682. The molecule has 6 heteroatoms. The lowest BCUT2D eigenvalue weighted by atomic mass is 9.95. The second-order valence-corrected chi connectivity index (χ2v) is 8.60. The van der Waals surface area contributed by atoms with Crippen molar-refractivity contribution < 1.29 is 13.9 Å². The molecular formula is C22H24N2O3S. The molecule has 0 saturated carbocycles. The zero-order valence-electron chi connectivity index (χ0n) is 16.3. The van der Waals surface area contributed by atoms with Gasteiger partial charge in [-0.05, 0) is 56.2 Å². The predicted molar refractivity (Wildman–Crippen MR) is 109 cm³/mol. The number of furan rings is 1. The van der Waals surface area contributed by atoms with Gasteiger partial charge in [0.05, 0.1) is 29.4 Å². The summed E-state index contributed by atoms with van der Waals surface area (Å²) < 4.78 is 11.3. The molecule has 0 bridgehead atoms. The number of aromatic nitrogens is 1. The minimum absolute atomic E-state index is 0.0543. The average Bonchev–Trinajstić information content (AvgIpc) is 3.32. The highest BCUT2D eigenvalue weighted by Crippen LogP contribution is 2.37. The lowest BCUT2D eigenvalue weighted by molar-refractivity contribution is -0.0765. The van der Waals surface area contributed by atoms with Gasteiger partial charge in [-0.1, -0.05) is 6.07 Å². The number of carbonyl (C=O) groups excluding carboxylic acids is 1. The maximum atomic E-state index is 13.1. The summed E-state index contributed by atoms with van der Waals surface area (Å²) in [5, 5.41) is 0. The molecule has 146 valence electrons. The van der Waals surface area contributed by atoms with Crippen LogP contribution in [0.15, 0.2) is 53.4 Å². The summed E-state index contributed by atoms with van der Waals surface area (Å²) in [6.07, 6.45) is 5.47. The van der Waals surface area contributed by atoms with E-state index in [1.54, 1.807) is 18.3 Å². The van der Waals surface area contributed by atoms with Crippen LogP contribution in [0, 0.1) is 6.92 Å². The maximum Gasteiger partial charge on any atom is 0.238 e. The average molecular weight is 397 g/mol. The molecule has 1 saturated heterocycles. The van der Waals surface area contributed by atoms with Gasteiger partial charge in [-0.25, -0.2) is 0 Å². The molecule has 1 aliphatic heterocycles. The highest BCUT2D eigenvalue weighted by atomic mass is 32.1. The Kier molecular flexibility index (Phi) is 5.44. The molecule has 5 nitrogen and oxygen atoms in total. The van der Waals surface area contributed by atoms with Gasteiger partial charge in [0.15, 0.2) is 5.76 Å². The first-order chi connectivity index (χ1) is 13.5. The summed E-state index contributed by atoms with van der Waals surface area (Å²) in [4.78, 5) is 21.7. The molecule has 0 N–H and O–H groups in total. The zero-order valence-corrected chi connectivity index (χ0v) is 17.1. The second kappa shape index (κ2) is 7.99. The first-order valence-electron chi connectivity index (χ1n) is 9.51. The van der Waals surface area contributed by atoms with Crippen molar-refractivity contribution in [2.75, 3.05) is 13.1 Å². The van der Waals surface area contributed by atoms with Crippen LogP contribution >= 0.6 is 11.3 Å². The van der Waals surface area contributed by atoms with Crippen LogP contribution in [0.25, 0.3) is 0 Å². The van der Waals surface area contributed by atoms with Crippen molar-refractivity contribution in [3.63, 3.8) is 0 Å². The molecule has 0 spiro atoms. The molecule has 1 fully saturated rings. The van der Waals surface area contributed by atoms with E-state index in [4.69, 9.17) is 9.15 Å². The molecule has 0 amide bonds. The summed E-state index contributed by atoms with van der Waals surface area (Å²) in [5.41, 5.74) is 2.09. The molecule has 4 rings (SSSR count). The van der Waals surface area contributed by atoms with Gasteiger partial charge in [0.25, 0.3) is 0 Å². The van der Waals surface area contributed by atoms with E-state index in [9.17, 15) is 4.79 Å². The topological polar surface area (TPSA) is 55.6 Å². The van der Waals surface area contributed by atoms with E-state index in [2.05, 4.69) is 35.9 Å². The van der Waals surface area contributed by atoms with Gasteiger partial charge in [0.2, 0.25) is 5.78 Å². The van der Waals surface area contributed by atoms with Gasteiger partial charge in [-0.15, -0.1) is 11.3 Å². The minimum Gasteiger partial charge on any atom is -0.461 e. The molecule has 0 radical (unpaired) electrons. The Labute approximate surface area is 169 Å². The summed E-state index contributed by atoms with van der Waals surface area (Å²) in [7, 11) is 0. The number of morpholine rings is 1. The summed E-state index contributed by atoms with van der Waals surface area (Å²) in [6, 6.07) is 9.57. The van der Waals surface area contributed by atoms with Crippen molar-refractivity contribution in [1.82, 2.24) is 9.88 Å². The van der Waals surface area contributed by atoms with Crippen LogP contribution < -0.4 is 0 Å². The quantitative estimate of drug-likeness (QED) is 0.596. The monoisotopic (exact) mass is 396 g/mol. The van der Waals surface area contributed by atoms with E-state index in [0.29, 0.717) is 5.76 Å². The van der Waals surface area contributed by atoms with Gasteiger partial charge in [-0.2, -0.15) is 0 Å². The molecule has 0 aromatic carbocycles. The van der Waals surface area contributed by atoms with Crippen LogP contribution in [0.1, 0.15) is 51.3 Å². The van der Waals surface area contributed by atoms with E-state index in [1.165, 1.54) is 17.6 Å². The number of hydrogen-bond acceptors (Lipinski definition) is 6.